The number of nitrogens with one attached hydrogen (secondary N) is 2. The maximum Gasteiger partial charge on any atom is 0.302 e. The van der Waals surface area contributed by atoms with Crippen LogP contribution in [0.1, 0.15) is 34.0 Å². The minimum Gasteiger partial charge on any atom is -0.463 e. The van der Waals surface area contributed by atoms with Gasteiger partial charge in [-0.25, -0.2) is 5.48 Å². The SMILES string of the molecule is CC(=O)OCCOCC#Cc1ccccc1CONC(=O)c1ccccc1NCc1ccncc1. The Balaban J connectivity index is 1.50. The maximum absolute atomic E-state index is 12.7. The number of amides is 1. The third-order valence-electron chi connectivity index (χ3n) is 4.74. The Labute approximate surface area is 204 Å². The van der Waals surface area contributed by atoms with Gasteiger partial charge in [-0.2, -0.15) is 0 Å². The molecule has 1 aromatic heterocycles. The first kappa shape index (κ1) is 25.4. The van der Waals surface area contributed by atoms with E-state index in [1.807, 2.05) is 48.5 Å². The predicted octanol–water partition coefficient (Wildman–Crippen LogP) is 3.49. The number of ether oxygens (including phenoxy) is 2. The molecule has 35 heavy (non-hydrogen) atoms. The summed E-state index contributed by atoms with van der Waals surface area (Å²) in [6, 6.07) is 18.5. The molecule has 2 aromatic carbocycles. The van der Waals surface area contributed by atoms with Gasteiger partial charge in [0.25, 0.3) is 5.91 Å². The second-order valence-electron chi connectivity index (χ2n) is 7.33. The number of hydrogen-bond acceptors (Lipinski definition) is 7. The second kappa shape index (κ2) is 14.2. The number of hydroxylamine groups is 1. The summed E-state index contributed by atoms with van der Waals surface area (Å²) in [6.45, 7) is 2.74. The van der Waals surface area contributed by atoms with E-state index in [0.717, 1.165) is 16.7 Å². The van der Waals surface area contributed by atoms with Crippen molar-refractivity contribution in [1.82, 2.24) is 10.5 Å². The molecule has 0 atom stereocenters. The molecule has 0 aliphatic carbocycles. The molecule has 0 aliphatic heterocycles. The summed E-state index contributed by atoms with van der Waals surface area (Å²) in [5.41, 5.74) is 6.33. The Kier molecular flexibility index (Phi) is 10.3. The van der Waals surface area contributed by atoms with E-state index in [9.17, 15) is 9.59 Å². The Morgan fingerprint density at radius 1 is 0.971 bits per heavy atom. The van der Waals surface area contributed by atoms with Crippen molar-refractivity contribution in [1.29, 1.82) is 0 Å². The van der Waals surface area contributed by atoms with Crippen molar-refractivity contribution in [2.45, 2.75) is 20.1 Å². The summed E-state index contributed by atoms with van der Waals surface area (Å²) in [5.74, 6) is 5.26. The molecule has 180 valence electrons. The minimum atomic E-state index is -0.354. The molecule has 0 spiro atoms. The van der Waals surface area contributed by atoms with Crippen LogP contribution in [0.5, 0.6) is 0 Å². The molecule has 2 N–H and O–H groups in total. The van der Waals surface area contributed by atoms with E-state index >= 15 is 0 Å². The van der Waals surface area contributed by atoms with E-state index in [0.29, 0.717) is 17.8 Å². The highest BCUT2D eigenvalue weighted by Crippen LogP contribution is 2.16. The molecule has 0 unspecified atom stereocenters. The molecule has 3 rings (SSSR count). The first-order valence-electron chi connectivity index (χ1n) is 11.1. The molecular formula is C27H27N3O5. The number of rotatable bonds is 11. The smallest absolute Gasteiger partial charge is 0.302 e. The Hall–Kier alpha value is -4.19. The Morgan fingerprint density at radius 2 is 1.74 bits per heavy atom. The van der Waals surface area contributed by atoms with E-state index in [2.05, 4.69) is 27.6 Å². The molecule has 0 saturated heterocycles. The number of carbonyl (C=O) groups excluding carboxylic acids is 2. The molecule has 0 bridgehead atoms. The lowest BCUT2D eigenvalue weighted by molar-refractivity contribution is -0.142. The lowest BCUT2D eigenvalue weighted by Gasteiger charge is -2.12. The van der Waals surface area contributed by atoms with Gasteiger partial charge < -0.3 is 14.8 Å². The van der Waals surface area contributed by atoms with Gasteiger partial charge in [0.1, 0.15) is 19.8 Å². The number of esters is 1. The number of aromatic nitrogens is 1. The third kappa shape index (κ3) is 8.93. The van der Waals surface area contributed by atoms with Gasteiger partial charge >= 0.3 is 5.97 Å². The zero-order valence-electron chi connectivity index (χ0n) is 19.5. The first-order chi connectivity index (χ1) is 17.1. The van der Waals surface area contributed by atoms with E-state index in [1.54, 1.807) is 24.5 Å². The van der Waals surface area contributed by atoms with Gasteiger partial charge in [0, 0.05) is 37.1 Å². The van der Waals surface area contributed by atoms with E-state index < -0.39 is 0 Å². The second-order valence-corrected chi connectivity index (χ2v) is 7.33. The third-order valence-corrected chi connectivity index (χ3v) is 4.74. The van der Waals surface area contributed by atoms with Gasteiger partial charge in [0.2, 0.25) is 0 Å². The summed E-state index contributed by atoms with van der Waals surface area (Å²) in [5, 5.41) is 3.28. The summed E-state index contributed by atoms with van der Waals surface area (Å²) in [4.78, 5) is 32.9. The summed E-state index contributed by atoms with van der Waals surface area (Å²) < 4.78 is 10.1. The van der Waals surface area contributed by atoms with Crippen molar-refractivity contribution in [3.8, 4) is 11.8 Å². The van der Waals surface area contributed by atoms with Crippen LogP contribution in [-0.4, -0.2) is 36.7 Å². The molecule has 8 nitrogen and oxygen atoms in total. The highest BCUT2D eigenvalue weighted by molar-refractivity contribution is 5.99. The molecule has 0 aliphatic rings. The van der Waals surface area contributed by atoms with Gasteiger partial charge in [0.15, 0.2) is 0 Å². The molecule has 1 amide bonds. The van der Waals surface area contributed by atoms with E-state index in [-0.39, 0.29) is 38.3 Å². The number of nitrogens with zero attached hydrogens (tertiary/aromatic N) is 1. The molecule has 1 heterocycles. The fourth-order valence-electron chi connectivity index (χ4n) is 3.03. The summed E-state index contributed by atoms with van der Waals surface area (Å²) in [7, 11) is 0. The zero-order chi connectivity index (χ0) is 24.7. The first-order valence-corrected chi connectivity index (χ1v) is 11.1. The topological polar surface area (TPSA) is 98.8 Å². The Bertz CT molecular complexity index is 1170. The molecular weight excluding hydrogens is 446 g/mol. The standard InChI is InChI=1S/C27H27N3O5/c1-21(31)34-18-17-33-16-6-9-23-7-2-3-8-24(23)20-35-30-27(32)25-10-4-5-11-26(25)29-19-22-12-14-28-15-13-22/h2-5,7-8,10-15,29H,16-20H2,1H3,(H,30,32). The van der Waals surface area contributed by atoms with Gasteiger partial charge in [-0.3, -0.25) is 19.4 Å². The highest BCUT2D eigenvalue weighted by Gasteiger charge is 2.11. The molecule has 3 aromatic rings. The number of pyridine rings is 1. The number of carbonyl (C=O) groups is 2. The van der Waals surface area contributed by atoms with Crippen LogP contribution < -0.4 is 10.8 Å². The molecule has 8 heteroatoms. The molecule has 0 saturated carbocycles. The fraction of sp³-hybridized carbons (Fsp3) is 0.222. The molecule has 0 fully saturated rings. The van der Waals surface area contributed by atoms with Crippen LogP contribution in [0.25, 0.3) is 0 Å². The van der Waals surface area contributed by atoms with Gasteiger partial charge in [0.05, 0.1) is 12.2 Å². The van der Waals surface area contributed by atoms with Crippen LogP contribution in [-0.2, 0) is 32.3 Å². The lowest BCUT2D eigenvalue weighted by atomic mass is 10.1. The van der Waals surface area contributed by atoms with Crippen molar-refractivity contribution in [2.24, 2.45) is 0 Å². The number of hydrogen-bond donors (Lipinski definition) is 2. The van der Waals surface area contributed by atoms with Crippen LogP contribution in [0.3, 0.4) is 0 Å². The van der Waals surface area contributed by atoms with Crippen molar-refractivity contribution >= 4 is 17.6 Å². The van der Waals surface area contributed by atoms with Crippen LogP contribution in [0, 0.1) is 11.8 Å². The van der Waals surface area contributed by atoms with Gasteiger partial charge in [-0.1, -0.05) is 42.2 Å². The van der Waals surface area contributed by atoms with Crippen molar-refractivity contribution in [2.75, 3.05) is 25.1 Å². The monoisotopic (exact) mass is 473 g/mol. The minimum absolute atomic E-state index is 0.149. The summed E-state index contributed by atoms with van der Waals surface area (Å²) in [6.07, 6.45) is 3.45. The highest BCUT2D eigenvalue weighted by atomic mass is 16.6. The van der Waals surface area contributed by atoms with Crippen LogP contribution in [0.2, 0.25) is 0 Å². The largest absolute Gasteiger partial charge is 0.463 e. The van der Waals surface area contributed by atoms with Crippen molar-refractivity contribution in [3.63, 3.8) is 0 Å². The number of para-hydroxylation sites is 1. The van der Waals surface area contributed by atoms with E-state index in [4.69, 9.17) is 14.3 Å². The Morgan fingerprint density at radius 3 is 2.57 bits per heavy atom. The van der Waals surface area contributed by atoms with E-state index in [1.165, 1.54) is 6.92 Å². The normalized spacial score (nSPS) is 10.1. The van der Waals surface area contributed by atoms with Crippen LogP contribution >= 0.6 is 0 Å². The zero-order valence-corrected chi connectivity index (χ0v) is 19.5. The van der Waals surface area contributed by atoms with Crippen molar-refractivity contribution < 1.29 is 23.9 Å². The number of anilines is 1. The lowest BCUT2D eigenvalue weighted by Crippen LogP contribution is -2.24. The van der Waals surface area contributed by atoms with Gasteiger partial charge in [-0.05, 0) is 41.5 Å². The summed E-state index contributed by atoms with van der Waals surface area (Å²) >= 11 is 0. The average molecular weight is 474 g/mol. The molecule has 0 radical (unpaired) electrons. The average Bonchev–Trinajstić information content (AvgIpc) is 2.88. The van der Waals surface area contributed by atoms with Crippen LogP contribution in [0.4, 0.5) is 5.69 Å². The number of benzene rings is 2. The fourth-order valence-corrected chi connectivity index (χ4v) is 3.03. The van der Waals surface area contributed by atoms with Crippen molar-refractivity contribution in [3.05, 3.63) is 95.3 Å². The van der Waals surface area contributed by atoms with Crippen LogP contribution in [0.15, 0.2) is 73.1 Å². The predicted molar refractivity (Wildman–Crippen MR) is 131 cm³/mol. The van der Waals surface area contributed by atoms with Gasteiger partial charge in [-0.15, -0.1) is 0 Å². The maximum atomic E-state index is 12.7. The quantitative estimate of drug-likeness (QED) is 0.190.